The summed E-state index contributed by atoms with van der Waals surface area (Å²) < 4.78 is 0. The molecule has 0 radical (unpaired) electrons. The lowest BCUT2D eigenvalue weighted by atomic mass is 10.0. The summed E-state index contributed by atoms with van der Waals surface area (Å²) >= 11 is 0. The maximum Gasteiger partial charge on any atom is 0.0586 e. The monoisotopic (exact) mass is 476 g/mol. The van der Waals surface area contributed by atoms with Gasteiger partial charge in [0.1, 0.15) is 0 Å². The van der Waals surface area contributed by atoms with Crippen molar-refractivity contribution in [3.05, 3.63) is 48.7 Å². The summed E-state index contributed by atoms with van der Waals surface area (Å²) in [5, 5.41) is 5.53. The van der Waals surface area contributed by atoms with E-state index in [4.69, 9.17) is 13.3 Å². The van der Waals surface area contributed by atoms with E-state index < -0.39 is 14.5 Å². The summed E-state index contributed by atoms with van der Waals surface area (Å²) in [6, 6.07) is 9.76. The van der Waals surface area contributed by atoms with Gasteiger partial charge in [-0.1, -0.05) is 0 Å². The summed E-state index contributed by atoms with van der Waals surface area (Å²) in [4.78, 5) is 0. The van der Waals surface area contributed by atoms with E-state index in [9.17, 15) is 0 Å². The lowest BCUT2D eigenvalue weighted by Gasteiger charge is -2.35. The van der Waals surface area contributed by atoms with E-state index in [1.807, 2.05) is 0 Å². The van der Waals surface area contributed by atoms with Crippen LogP contribution in [0.15, 0.2) is 24.3 Å². The number of hydrogen-bond acceptors (Lipinski definition) is 0. The van der Waals surface area contributed by atoms with E-state index in [1.54, 1.807) is 0 Å². The second-order valence-corrected chi connectivity index (χ2v) is 20.3. The van der Waals surface area contributed by atoms with Gasteiger partial charge in [-0.3, -0.25) is 0 Å². The van der Waals surface area contributed by atoms with Crippen LogP contribution in [0.5, 0.6) is 0 Å². The molecule has 2 aromatic carbocycles. The van der Waals surface area contributed by atoms with Crippen molar-refractivity contribution >= 4 is 54.4 Å². The molecule has 2 unspecified atom stereocenters. The maximum absolute atomic E-state index is 4.85. The Morgan fingerprint density at radius 2 is 0.967 bits per heavy atom. The molecule has 4 rings (SSSR count). The molecule has 0 bridgehead atoms. The van der Waals surface area contributed by atoms with Gasteiger partial charge in [0.05, 0.1) is 12.3 Å². The average Bonchev–Trinajstić information content (AvgIpc) is 3.08. The highest BCUT2D eigenvalue weighted by atomic mass is 31.2. The van der Waals surface area contributed by atoms with Crippen molar-refractivity contribution in [1.29, 1.82) is 0 Å². The van der Waals surface area contributed by atoms with E-state index in [0.29, 0.717) is 0 Å². The summed E-state index contributed by atoms with van der Waals surface area (Å²) in [6.45, 7) is 19.5. The standard InChI is InChI=1S/C26H40P4/c1-17-7-8-18(2)29(17,5)15-23-11-21-14-26(28)24(12-22(21)13-25(23)27)16-30(6)19(3)9-10-20(30)4/h11-14,17-20H,5-10,15-16,27-28H2,1-4H3/t17-,18-,19-,20-/m1/s1. The minimum atomic E-state index is -1.17. The van der Waals surface area contributed by atoms with E-state index in [-0.39, 0.29) is 0 Å². The quantitative estimate of drug-likeness (QED) is 0.315. The Hall–Kier alpha value is 0.420. The molecule has 164 valence electrons. The third kappa shape index (κ3) is 4.07. The third-order valence-electron chi connectivity index (χ3n) is 8.80. The maximum atomic E-state index is 4.85. The predicted molar refractivity (Wildman–Crippen MR) is 151 cm³/mol. The molecule has 0 aliphatic carbocycles. The summed E-state index contributed by atoms with van der Waals surface area (Å²) in [6.07, 6.45) is 7.85. The van der Waals surface area contributed by atoms with Crippen LogP contribution in [-0.4, -0.2) is 22.6 Å². The number of hydrogen-bond donors (Lipinski definition) is 0. The number of rotatable bonds is 4. The van der Waals surface area contributed by atoms with Crippen LogP contribution < -0.4 is 10.6 Å². The zero-order valence-corrected chi connectivity index (χ0v) is 23.4. The molecule has 0 N–H and O–H groups in total. The first kappa shape index (κ1) is 23.6. The summed E-state index contributed by atoms with van der Waals surface area (Å²) in [5.41, 5.74) is 6.24. The first-order chi connectivity index (χ1) is 14.0. The van der Waals surface area contributed by atoms with E-state index in [1.165, 1.54) is 70.5 Å². The molecule has 0 aromatic heterocycles. The third-order valence-corrected chi connectivity index (χ3v) is 19.8. The number of benzene rings is 2. The molecule has 2 fully saturated rings. The van der Waals surface area contributed by atoms with Gasteiger partial charge < -0.3 is 0 Å². The van der Waals surface area contributed by atoms with E-state index >= 15 is 0 Å². The molecule has 30 heavy (non-hydrogen) atoms. The van der Waals surface area contributed by atoms with Crippen molar-refractivity contribution in [3.63, 3.8) is 0 Å². The van der Waals surface area contributed by atoms with Gasteiger partial charge in [0, 0.05) is 22.6 Å². The van der Waals surface area contributed by atoms with Crippen LogP contribution in [-0.2, 0) is 12.3 Å². The lowest BCUT2D eigenvalue weighted by Crippen LogP contribution is -2.15. The van der Waals surface area contributed by atoms with Gasteiger partial charge in [0.25, 0.3) is 0 Å². The minimum Gasteiger partial charge on any atom is -0.179 e. The first-order valence-electron chi connectivity index (χ1n) is 11.6. The van der Waals surface area contributed by atoms with Gasteiger partial charge in [-0.25, -0.2) is 0 Å². The Labute approximate surface area is 191 Å². The zero-order valence-electron chi connectivity index (χ0n) is 19.3. The van der Waals surface area contributed by atoms with Gasteiger partial charge in [-0.05, 0) is 110 Å². The van der Waals surface area contributed by atoms with Crippen molar-refractivity contribution in [2.24, 2.45) is 0 Å². The van der Waals surface area contributed by atoms with Crippen molar-refractivity contribution < 1.29 is 0 Å². The summed E-state index contributed by atoms with van der Waals surface area (Å²) in [5.74, 6) is 0. The van der Waals surface area contributed by atoms with Gasteiger partial charge in [-0.15, -0.1) is 33.0 Å². The van der Waals surface area contributed by atoms with Crippen LogP contribution in [0.3, 0.4) is 0 Å². The molecule has 4 heteroatoms. The van der Waals surface area contributed by atoms with Gasteiger partial charge in [0.15, 0.2) is 0 Å². The Morgan fingerprint density at radius 1 is 0.667 bits per heavy atom. The van der Waals surface area contributed by atoms with Gasteiger partial charge in [0.2, 0.25) is 0 Å². The molecule has 2 saturated heterocycles. The fourth-order valence-electron chi connectivity index (χ4n) is 5.87. The van der Waals surface area contributed by atoms with Crippen LogP contribution >= 0.6 is 33.0 Å². The zero-order chi connectivity index (χ0) is 21.8. The Morgan fingerprint density at radius 3 is 1.27 bits per heavy atom. The molecule has 2 aromatic rings. The average molecular weight is 477 g/mol. The normalized spacial score (nSPS) is 30.3. The minimum absolute atomic E-state index is 0.805. The van der Waals surface area contributed by atoms with Crippen LogP contribution in [0, 0.1) is 13.3 Å². The lowest BCUT2D eigenvalue weighted by molar-refractivity contribution is 0.777. The molecule has 0 saturated carbocycles. The topological polar surface area (TPSA) is 0 Å². The van der Waals surface area contributed by atoms with Gasteiger partial charge in [-0.2, -0.15) is 13.3 Å². The van der Waals surface area contributed by atoms with Crippen LogP contribution in [0.4, 0.5) is 0 Å². The fourth-order valence-corrected chi connectivity index (χ4v) is 14.4. The summed E-state index contributed by atoms with van der Waals surface area (Å²) in [7, 11) is 3.74. The van der Waals surface area contributed by atoms with E-state index in [0.717, 1.165) is 22.6 Å². The SMILES string of the molecule is [CH2-][P+]1(Cc2cc3cc(P)c(C[P+]4([CH2-])[C@H](C)CC[C@H]4C)cc3cc2P)[C@H](C)CC[C@H]1C. The first-order valence-corrected chi connectivity index (χ1v) is 17.3. The second-order valence-electron chi connectivity index (χ2n) is 10.5. The largest absolute Gasteiger partial charge is 0.179 e. The predicted octanol–water partition coefficient (Wildman–Crippen LogP) is 7.60. The molecule has 2 aliphatic heterocycles. The second kappa shape index (κ2) is 8.65. The molecular formula is C26H40P4. The van der Waals surface area contributed by atoms with Crippen LogP contribution in [0.25, 0.3) is 10.8 Å². The van der Waals surface area contributed by atoms with Crippen molar-refractivity contribution in [2.45, 2.75) is 88.3 Å². The van der Waals surface area contributed by atoms with Crippen molar-refractivity contribution in [1.82, 2.24) is 0 Å². The molecular weight excluding hydrogens is 436 g/mol. The molecule has 2 aliphatic rings. The molecule has 2 heterocycles. The number of fused-ring (bicyclic) bond motifs is 1. The Kier molecular flexibility index (Phi) is 6.80. The van der Waals surface area contributed by atoms with E-state index in [2.05, 4.69) is 70.4 Å². The van der Waals surface area contributed by atoms with Gasteiger partial charge >= 0.3 is 0 Å². The van der Waals surface area contributed by atoms with Crippen LogP contribution in [0.1, 0.15) is 64.5 Å². The highest BCUT2D eigenvalue weighted by Gasteiger charge is 2.44. The smallest absolute Gasteiger partial charge is 0.0586 e. The molecule has 6 atom stereocenters. The molecule has 0 amide bonds. The van der Waals surface area contributed by atoms with Crippen LogP contribution in [0.2, 0.25) is 0 Å². The molecule has 0 spiro atoms. The highest BCUT2D eigenvalue weighted by Crippen LogP contribution is 2.74. The van der Waals surface area contributed by atoms with Crippen molar-refractivity contribution in [2.75, 3.05) is 0 Å². The van der Waals surface area contributed by atoms with Crippen molar-refractivity contribution in [3.8, 4) is 0 Å². The fraction of sp³-hybridized carbons (Fsp3) is 0.538. The molecule has 0 nitrogen and oxygen atoms in total. The Balaban J connectivity index is 1.67. The highest BCUT2D eigenvalue weighted by molar-refractivity contribution is 7.78. The Bertz CT molecular complexity index is 852.